The highest BCUT2D eigenvalue weighted by Gasteiger charge is 2.19. The predicted molar refractivity (Wildman–Crippen MR) is 78.7 cm³/mol. The molecular formula is C14H22N2OS. The molecule has 0 aliphatic heterocycles. The lowest BCUT2D eigenvalue weighted by atomic mass is 10.0. The molecule has 1 aromatic carbocycles. The van der Waals surface area contributed by atoms with Gasteiger partial charge in [-0.2, -0.15) is 0 Å². The number of rotatable bonds is 6. The predicted octanol–water partition coefficient (Wildman–Crippen LogP) is 2.25. The second-order valence-electron chi connectivity index (χ2n) is 4.39. The molecule has 2 atom stereocenters. The Hall–Kier alpha value is -1.00. The van der Waals surface area contributed by atoms with Crippen molar-refractivity contribution in [2.45, 2.75) is 31.6 Å². The molecule has 0 fully saturated rings. The third kappa shape index (κ3) is 4.35. The molecule has 100 valence electrons. The molecule has 4 heteroatoms. The Morgan fingerprint density at radius 2 is 2.00 bits per heavy atom. The van der Waals surface area contributed by atoms with Crippen molar-refractivity contribution in [2.75, 3.05) is 12.8 Å². The van der Waals surface area contributed by atoms with E-state index in [9.17, 15) is 4.79 Å². The molecule has 0 radical (unpaired) electrons. The number of carbonyl (C=O) groups is 1. The van der Waals surface area contributed by atoms with Gasteiger partial charge in [0.15, 0.2) is 0 Å². The zero-order valence-corrected chi connectivity index (χ0v) is 12.1. The van der Waals surface area contributed by atoms with Gasteiger partial charge in [-0.15, -0.1) is 11.8 Å². The third-order valence-corrected chi connectivity index (χ3v) is 4.35. The van der Waals surface area contributed by atoms with Crippen LogP contribution in [0.5, 0.6) is 0 Å². The topological polar surface area (TPSA) is 55.1 Å². The van der Waals surface area contributed by atoms with Crippen LogP contribution < -0.4 is 11.1 Å². The summed E-state index contributed by atoms with van der Waals surface area (Å²) in [6.45, 7) is 4.14. The maximum Gasteiger partial charge on any atom is 0.229 e. The number of carbonyl (C=O) groups excluding carboxylic acids is 1. The smallest absolute Gasteiger partial charge is 0.229 e. The van der Waals surface area contributed by atoms with Crippen LogP contribution >= 0.6 is 11.8 Å². The van der Waals surface area contributed by atoms with E-state index in [4.69, 9.17) is 5.73 Å². The SMILES string of the molecule is CCC(N)C(SCC(=O)NC)c1ccc(C)cc1. The number of aryl methyl sites for hydroxylation is 1. The molecule has 0 aliphatic rings. The summed E-state index contributed by atoms with van der Waals surface area (Å²) in [6, 6.07) is 8.46. The van der Waals surface area contributed by atoms with E-state index in [1.54, 1.807) is 18.8 Å². The molecule has 0 aromatic heterocycles. The second-order valence-corrected chi connectivity index (χ2v) is 5.52. The minimum atomic E-state index is 0.0421. The first-order valence-corrected chi connectivity index (χ1v) is 7.27. The number of hydrogen-bond acceptors (Lipinski definition) is 3. The Kier molecular flexibility index (Phi) is 6.22. The average Bonchev–Trinajstić information content (AvgIpc) is 2.40. The summed E-state index contributed by atoms with van der Waals surface area (Å²) >= 11 is 1.61. The minimum absolute atomic E-state index is 0.0421. The first-order valence-electron chi connectivity index (χ1n) is 6.22. The number of hydrogen-bond donors (Lipinski definition) is 2. The summed E-state index contributed by atoms with van der Waals surface area (Å²) in [5.74, 6) is 0.489. The Morgan fingerprint density at radius 3 is 2.50 bits per heavy atom. The van der Waals surface area contributed by atoms with Crippen LogP contribution in [0.4, 0.5) is 0 Å². The molecule has 1 amide bonds. The van der Waals surface area contributed by atoms with E-state index in [0.717, 1.165) is 6.42 Å². The first-order chi connectivity index (χ1) is 8.58. The van der Waals surface area contributed by atoms with Gasteiger partial charge in [-0.3, -0.25) is 4.79 Å². The Morgan fingerprint density at radius 1 is 1.39 bits per heavy atom. The molecule has 18 heavy (non-hydrogen) atoms. The zero-order valence-electron chi connectivity index (χ0n) is 11.3. The number of benzene rings is 1. The summed E-state index contributed by atoms with van der Waals surface area (Å²) in [5.41, 5.74) is 8.60. The van der Waals surface area contributed by atoms with E-state index in [1.165, 1.54) is 11.1 Å². The van der Waals surface area contributed by atoms with Crippen molar-refractivity contribution in [3.63, 3.8) is 0 Å². The summed E-state index contributed by atoms with van der Waals surface area (Å²) in [4.78, 5) is 11.3. The van der Waals surface area contributed by atoms with Crippen LogP contribution in [0.25, 0.3) is 0 Å². The summed E-state index contributed by atoms with van der Waals surface area (Å²) in [5, 5.41) is 2.81. The van der Waals surface area contributed by atoms with Crippen molar-refractivity contribution < 1.29 is 4.79 Å². The molecule has 0 bridgehead atoms. The van der Waals surface area contributed by atoms with Gasteiger partial charge in [-0.05, 0) is 18.9 Å². The highest BCUT2D eigenvalue weighted by molar-refractivity contribution is 8.00. The van der Waals surface area contributed by atoms with Crippen molar-refractivity contribution in [1.82, 2.24) is 5.32 Å². The van der Waals surface area contributed by atoms with Gasteiger partial charge in [-0.25, -0.2) is 0 Å². The normalized spacial score (nSPS) is 14.0. The van der Waals surface area contributed by atoms with Crippen LogP contribution in [0.3, 0.4) is 0 Å². The van der Waals surface area contributed by atoms with Crippen LogP contribution in [-0.4, -0.2) is 24.7 Å². The third-order valence-electron chi connectivity index (χ3n) is 2.94. The van der Waals surface area contributed by atoms with Gasteiger partial charge < -0.3 is 11.1 Å². The largest absolute Gasteiger partial charge is 0.358 e. The lowest BCUT2D eigenvalue weighted by molar-refractivity contribution is -0.118. The van der Waals surface area contributed by atoms with Gasteiger partial charge >= 0.3 is 0 Å². The lowest BCUT2D eigenvalue weighted by Crippen LogP contribution is -2.28. The number of nitrogens with one attached hydrogen (secondary N) is 1. The monoisotopic (exact) mass is 266 g/mol. The van der Waals surface area contributed by atoms with E-state index in [-0.39, 0.29) is 17.2 Å². The Bertz CT molecular complexity index is 378. The molecule has 0 heterocycles. The van der Waals surface area contributed by atoms with Crippen LogP contribution in [-0.2, 0) is 4.79 Å². The summed E-state index contributed by atoms with van der Waals surface area (Å²) < 4.78 is 0. The summed E-state index contributed by atoms with van der Waals surface area (Å²) in [6.07, 6.45) is 0.902. The van der Waals surface area contributed by atoms with E-state index in [0.29, 0.717) is 5.75 Å². The van der Waals surface area contributed by atoms with Crippen molar-refractivity contribution >= 4 is 17.7 Å². The fourth-order valence-corrected chi connectivity index (χ4v) is 2.94. The highest BCUT2D eigenvalue weighted by Crippen LogP contribution is 2.32. The maximum absolute atomic E-state index is 11.3. The van der Waals surface area contributed by atoms with Crippen LogP contribution in [0.15, 0.2) is 24.3 Å². The van der Waals surface area contributed by atoms with Gasteiger partial charge in [0.2, 0.25) is 5.91 Å². The summed E-state index contributed by atoms with van der Waals surface area (Å²) in [7, 11) is 1.66. The van der Waals surface area contributed by atoms with Crippen LogP contribution in [0.2, 0.25) is 0 Å². The van der Waals surface area contributed by atoms with E-state index in [1.807, 2.05) is 0 Å². The standard InChI is InChI=1S/C14H22N2OS/c1-4-12(15)14(18-9-13(17)16-3)11-7-5-10(2)6-8-11/h5-8,12,14H,4,9,15H2,1-3H3,(H,16,17). The molecule has 0 saturated carbocycles. The van der Waals surface area contributed by atoms with Gasteiger partial charge in [-0.1, -0.05) is 36.8 Å². The Balaban J connectivity index is 2.77. The second kappa shape index (κ2) is 7.44. The van der Waals surface area contributed by atoms with Crippen molar-refractivity contribution in [3.8, 4) is 0 Å². The number of thioether (sulfide) groups is 1. The molecule has 0 aliphatic carbocycles. The van der Waals surface area contributed by atoms with Gasteiger partial charge in [0.05, 0.1) is 5.75 Å². The fourth-order valence-electron chi connectivity index (χ4n) is 1.67. The van der Waals surface area contributed by atoms with Crippen molar-refractivity contribution in [2.24, 2.45) is 5.73 Å². The first kappa shape index (κ1) is 15.1. The van der Waals surface area contributed by atoms with Gasteiger partial charge in [0.25, 0.3) is 0 Å². The van der Waals surface area contributed by atoms with Crippen LogP contribution in [0.1, 0.15) is 29.7 Å². The number of nitrogens with two attached hydrogens (primary N) is 1. The molecule has 3 nitrogen and oxygen atoms in total. The molecule has 3 N–H and O–H groups in total. The zero-order chi connectivity index (χ0) is 13.5. The van der Waals surface area contributed by atoms with Crippen molar-refractivity contribution in [1.29, 1.82) is 0 Å². The molecular weight excluding hydrogens is 244 g/mol. The fraction of sp³-hybridized carbons (Fsp3) is 0.500. The van der Waals surface area contributed by atoms with Crippen molar-refractivity contribution in [3.05, 3.63) is 35.4 Å². The van der Waals surface area contributed by atoms with E-state index in [2.05, 4.69) is 43.4 Å². The van der Waals surface area contributed by atoms with Crippen LogP contribution in [0, 0.1) is 6.92 Å². The minimum Gasteiger partial charge on any atom is -0.358 e. The van der Waals surface area contributed by atoms with Gasteiger partial charge in [0, 0.05) is 18.3 Å². The van der Waals surface area contributed by atoms with E-state index >= 15 is 0 Å². The lowest BCUT2D eigenvalue weighted by Gasteiger charge is -2.22. The quantitative estimate of drug-likeness (QED) is 0.830. The molecule has 0 saturated heterocycles. The molecule has 0 spiro atoms. The molecule has 1 rings (SSSR count). The maximum atomic E-state index is 11.3. The molecule has 1 aromatic rings. The Labute approximate surface area is 114 Å². The highest BCUT2D eigenvalue weighted by atomic mass is 32.2. The van der Waals surface area contributed by atoms with E-state index < -0.39 is 0 Å². The van der Waals surface area contributed by atoms with Gasteiger partial charge in [0.1, 0.15) is 0 Å². The molecule has 2 unspecified atom stereocenters. The number of amides is 1. The average molecular weight is 266 g/mol.